The van der Waals surface area contributed by atoms with E-state index in [9.17, 15) is 13.2 Å². The van der Waals surface area contributed by atoms with Crippen LogP contribution in [0.15, 0.2) is 56.6 Å². The van der Waals surface area contributed by atoms with Gasteiger partial charge in [0.2, 0.25) is 0 Å². The van der Waals surface area contributed by atoms with Crippen molar-refractivity contribution < 1.29 is 13.2 Å². The van der Waals surface area contributed by atoms with Crippen molar-refractivity contribution >= 4 is 17.7 Å². The van der Waals surface area contributed by atoms with Crippen LogP contribution in [0.1, 0.15) is 16.7 Å². The smallest absolute Gasteiger partial charge is 0.226 e. The molecule has 0 amide bonds. The van der Waals surface area contributed by atoms with Gasteiger partial charge in [0.05, 0.1) is 28.2 Å². The number of alkyl halides is 3. The molecular weight excluding hydrogens is 293 g/mol. The molecule has 7 heteroatoms. The molecule has 2 aromatic rings. The Morgan fingerprint density at radius 1 is 0.864 bits per heavy atom. The van der Waals surface area contributed by atoms with Crippen LogP contribution in [0.4, 0.5) is 18.9 Å². The Balaban J connectivity index is 1.74. The number of amidine groups is 1. The largest absolute Gasteiger partial charge is 0.416 e. The van der Waals surface area contributed by atoms with Crippen molar-refractivity contribution in [2.45, 2.75) is 6.18 Å². The Bertz CT molecular complexity index is 954. The summed E-state index contributed by atoms with van der Waals surface area (Å²) >= 11 is 0. The van der Waals surface area contributed by atoms with Gasteiger partial charge in [-0.25, -0.2) is 9.98 Å². The molecular formula is C15H7F3N4. The summed E-state index contributed by atoms with van der Waals surface area (Å²) in [6, 6.07) is 8.37. The first kappa shape index (κ1) is 12.9. The van der Waals surface area contributed by atoms with E-state index in [1.54, 1.807) is 12.3 Å². The SMILES string of the molecule is FC(F)(F)c1ccc(C2=Nc3cc4c(cc3=N2)C=NN=4)cc1. The van der Waals surface area contributed by atoms with Crippen LogP contribution in [-0.4, -0.2) is 12.1 Å². The van der Waals surface area contributed by atoms with Crippen LogP contribution < -0.4 is 10.7 Å². The fourth-order valence-electron chi connectivity index (χ4n) is 2.29. The topological polar surface area (TPSA) is 49.4 Å². The van der Waals surface area contributed by atoms with E-state index in [2.05, 4.69) is 20.2 Å². The molecule has 0 saturated heterocycles. The first-order valence-corrected chi connectivity index (χ1v) is 6.41. The summed E-state index contributed by atoms with van der Waals surface area (Å²) in [6.07, 6.45) is -2.72. The van der Waals surface area contributed by atoms with Gasteiger partial charge in [0.25, 0.3) is 0 Å². The molecule has 0 saturated carbocycles. The summed E-state index contributed by atoms with van der Waals surface area (Å²) in [5, 5.41) is 9.13. The molecule has 22 heavy (non-hydrogen) atoms. The number of aliphatic imine (C=N–C) groups is 1. The second-order valence-corrected chi connectivity index (χ2v) is 4.87. The van der Waals surface area contributed by atoms with Gasteiger partial charge in [0.15, 0.2) is 5.84 Å². The fourth-order valence-corrected chi connectivity index (χ4v) is 2.29. The average molecular weight is 300 g/mol. The first-order chi connectivity index (χ1) is 10.5. The number of nitrogens with zero attached hydrogens (tertiary/aromatic N) is 4. The Kier molecular flexibility index (Phi) is 2.53. The summed E-state index contributed by atoms with van der Waals surface area (Å²) < 4.78 is 37.7. The van der Waals surface area contributed by atoms with Crippen molar-refractivity contribution in [3.8, 4) is 0 Å². The molecule has 108 valence electrons. The molecule has 0 bridgehead atoms. The van der Waals surface area contributed by atoms with E-state index >= 15 is 0 Å². The summed E-state index contributed by atoms with van der Waals surface area (Å²) in [5.41, 5.74) is 1.34. The number of fused-ring (bicyclic) bond motifs is 2. The van der Waals surface area contributed by atoms with Crippen LogP contribution in [0.2, 0.25) is 0 Å². The van der Waals surface area contributed by atoms with E-state index in [1.807, 2.05) is 6.07 Å². The van der Waals surface area contributed by atoms with Gasteiger partial charge in [-0.3, -0.25) is 0 Å². The predicted molar refractivity (Wildman–Crippen MR) is 74.0 cm³/mol. The van der Waals surface area contributed by atoms with Crippen LogP contribution in [0, 0.1) is 0 Å². The number of rotatable bonds is 1. The van der Waals surface area contributed by atoms with Crippen molar-refractivity contribution in [1.29, 1.82) is 0 Å². The second kappa shape index (κ2) is 4.33. The van der Waals surface area contributed by atoms with Crippen molar-refractivity contribution in [3.05, 3.63) is 63.8 Å². The lowest BCUT2D eigenvalue weighted by atomic mass is 10.1. The minimum Gasteiger partial charge on any atom is -0.226 e. The fraction of sp³-hybridized carbons (Fsp3) is 0.0667. The van der Waals surface area contributed by atoms with Crippen molar-refractivity contribution in [2.75, 3.05) is 0 Å². The first-order valence-electron chi connectivity index (χ1n) is 6.41. The molecule has 2 aliphatic heterocycles. The van der Waals surface area contributed by atoms with E-state index in [-0.39, 0.29) is 0 Å². The van der Waals surface area contributed by atoms with Crippen LogP contribution in [0.25, 0.3) is 0 Å². The normalized spacial score (nSPS) is 15.0. The Morgan fingerprint density at radius 2 is 1.64 bits per heavy atom. The molecule has 0 spiro atoms. The molecule has 0 fully saturated rings. The molecule has 4 nitrogen and oxygen atoms in total. The molecule has 2 heterocycles. The lowest BCUT2D eigenvalue weighted by Crippen LogP contribution is -2.11. The van der Waals surface area contributed by atoms with Gasteiger partial charge in [-0.1, -0.05) is 12.1 Å². The van der Waals surface area contributed by atoms with Crippen LogP contribution in [0.3, 0.4) is 0 Å². The number of hydrogen-bond acceptors (Lipinski definition) is 4. The lowest BCUT2D eigenvalue weighted by Gasteiger charge is -2.06. The Labute approximate surface area is 122 Å². The number of benzene rings is 2. The van der Waals surface area contributed by atoms with Gasteiger partial charge in [0, 0.05) is 11.1 Å². The highest BCUT2D eigenvalue weighted by Crippen LogP contribution is 2.29. The zero-order valence-corrected chi connectivity index (χ0v) is 11.0. The van der Waals surface area contributed by atoms with Gasteiger partial charge in [-0.2, -0.15) is 23.4 Å². The number of hydrogen-bond donors (Lipinski definition) is 0. The predicted octanol–water partition coefficient (Wildman–Crippen LogP) is 2.38. The summed E-state index contributed by atoms with van der Waals surface area (Å²) in [7, 11) is 0. The third-order valence-electron chi connectivity index (χ3n) is 3.41. The molecule has 0 atom stereocenters. The van der Waals surface area contributed by atoms with E-state index < -0.39 is 11.7 Å². The maximum absolute atomic E-state index is 12.6. The second-order valence-electron chi connectivity index (χ2n) is 4.87. The van der Waals surface area contributed by atoms with Crippen LogP contribution in [-0.2, 0) is 6.18 Å². The van der Waals surface area contributed by atoms with E-state index in [0.29, 0.717) is 27.8 Å². The minimum absolute atomic E-state index is 0.393. The van der Waals surface area contributed by atoms with E-state index in [1.165, 1.54) is 12.1 Å². The quantitative estimate of drug-likeness (QED) is 0.776. The zero-order chi connectivity index (χ0) is 15.3. The summed E-state index contributed by atoms with van der Waals surface area (Å²) in [6.45, 7) is 0. The van der Waals surface area contributed by atoms with Gasteiger partial charge in [0.1, 0.15) is 0 Å². The molecule has 0 radical (unpaired) electrons. The standard InChI is InChI=1S/C15H7F3N4/c16-15(17,18)10-3-1-8(2-4-10)14-20-12-5-9-7-19-22-11(9)6-13(12)21-14/h1-7H. The lowest BCUT2D eigenvalue weighted by molar-refractivity contribution is -0.137. The highest BCUT2D eigenvalue weighted by atomic mass is 19.4. The summed E-state index contributed by atoms with van der Waals surface area (Å²) in [5.74, 6) is 0.393. The van der Waals surface area contributed by atoms with Crippen molar-refractivity contribution in [1.82, 2.24) is 0 Å². The van der Waals surface area contributed by atoms with Crippen LogP contribution >= 0.6 is 0 Å². The van der Waals surface area contributed by atoms with Gasteiger partial charge in [-0.05, 0) is 24.3 Å². The van der Waals surface area contributed by atoms with Crippen molar-refractivity contribution in [2.24, 2.45) is 20.2 Å². The van der Waals surface area contributed by atoms with E-state index in [4.69, 9.17) is 0 Å². The van der Waals surface area contributed by atoms with E-state index in [0.717, 1.165) is 17.7 Å². The highest BCUT2D eigenvalue weighted by Gasteiger charge is 2.30. The Hall–Kier alpha value is -2.83. The average Bonchev–Trinajstić information content (AvgIpc) is 3.09. The van der Waals surface area contributed by atoms with Gasteiger partial charge >= 0.3 is 6.18 Å². The third kappa shape index (κ3) is 2.02. The maximum atomic E-state index is 12.6. The molecule has 0 aromatic heterocycles. The van der Waals surface area contributed by atoms with Crippen LogP contribution in [0.5, 0.6) is 0 Å². The molecule has 2 aromatic carbocycles. The molecule has 4 rings (SSSR count). The summed E-state index contributed by atoms with van der Waals surface area (Å²) in [4.78, 5) is 8.70. The van der Waals surface area contributed by atoms with Crippen molar-refractivity contribution in [3.63, 3.8) is 0 Å². The third-order valence-corrected chi connectivity index (χ3v) is 3.41. The molecule has 2 aliphatic rings. The molecule has 0 aliphatic carbocycles. The van der Waals surface area contributed by atoms with Gasteiger partial charge < -0.3 is 0 Å². The molecule has 0 unspecified atom stereocenters. The molecule has 0 N–H and O–H groups in total. The maximum Gasteiger partial charge on any atom is 0.416 e. The monoisotopic (exact) mass is 300 g/mol. The minimum atomic E-state index is -4.35. The highest BCUT2D eigenvalue weighted by molar-refractivity contribution is 6.02. The Morgan fingerprint density at radius 3 is 2.36 bits per heavy atom. The number of halogens is 3. The van der Waals surface area contributed by atoms with Gasteiger partial charge in [-0.15, -0.1) is 0 Å². The zero-order valence-electron chi connectivity index (χ0n) is 11.0.